The number of hydrogen-bond donors (Lipinski definition) is 1. The van der Waals surface area contributed by atoms with E-state index >= 15 is 0 Å². The Bertz CT molecular complexity index is 872. The third-order valence-electron chi connectivity index (χ3n) is 4.07. The van der Waals surface area contributed by atoms with Crippen LogP contribution in [-0.4, -0.2) is 90.4 Å². The van der Waals surface area contributed by atoms with E-state index in [0.29, 0.717) is 0 Å². The van der Waals surface area contributed by atoms with Crippen LogP contribution in [0, 0.1) is 0 Å². The van der Waals surface area contributed by atoms with Gasteiger partial charge in [-0.25, -0.2) is 8.42 Å². The smallest absolute Gasteiger partial charge is 0.391 e. The van der Waals surface area contributed by atoms with Gasteiger partial charge in [0.25, 0.3) is 10.0 Å². The average Bonchev–Trinajstić information content (AvgIpc) is 2.65. The molecule has 0 aliphatic heterocycles. The van der Waals surface area contributed by atoms with E-state index in [1.807, 2.05) is 0 Å². The average molecular weight is 606 g/mol. The Morgan fingerprint density at radius 3 is 1.23 bits per heavy atom. The van der Waals surface area contributed by atoms with Crippen LogP contribution in [0.15, 0.2) is 0 Å². The summed E-state index contributed by atoms with van der Waals surface area (Å²) in [6.07, 6.45) is -10.1. The standard InChI is InChI=1S/C12H9ClF17NO3S/c1-31(3-4(32)2-13)35(33,34)12(29,30)10(24,25)8(20,21)6(16,17)5(14,15)7(18,19)9(22,23)11(26,27)28/h4,32H,2-3H2,1H3. The van der Waals surface area contributed by atoms with Crippen LogP contribution in [0.25, 0.3) is 0 Å². The van der Waals surface area contributed by atoms with Crippen molar-refractivity contribution in [2.45, 2.75) is 53.1 Å². The fourth-order valence-electron chi connectivity index (χ4n) is 1.95. The van der Waals surface area contributed by atoms with Crippen molar-refractivity contribution in [1.82, 2.24) is 4.31 Å². The maximum atomic E-state index is 13.8. The molecule has 0 rings (SSSR count). The summed E-state index contributed by atoms with van der Waals surface area (Å²) in [5.74, 6) is -53.0. The maximum Gasteiger partial charge on any atom is 0.460 e. The molecule has 0 radical (unpaired) electrons. The van der Waals surface area contributed by atoms with Gasteiger partial charge in [0, 0.05) is 19.5 Å². The third kappa shape index (κ3) is 4.59. The lowest BCUT2D eigenvalue weighted by Gasteiger charge is -2.42. The van der Waals surface area contributed by atoms with Gasteiger partial charge < -0.3 is 5.11 Å². The van der Waals surface area contributed by atoms with E-state index in [4.69, 9.17) is 16.7 Å². The summed E-state index contributed by atoms with van der Waals surface area (Å²) < 4.78 is 246. The molecule has 1 unspecified atom stereocenters. The minimum Gasteiger partial charge on any atom is -0.391 e. The zero-order valence-electron chi connectivity index (χ0n) is 15.9. The molecule has 1 N–H and O–H groups in total. The predicted octanol–water partition coefficient (Wildman–Crippen LogP) is 4.81. The highest BCUT2D eigenvalue weighted by atomic mass is 35.5. The first-order valence-electron chi connectivity index (χ1n) is 7.79. The van der Waals surface area contributed by atoms with Crippen molar-refractivity contribution < 1.29 is 88.2 Å². The van der Waals surface area contributed by atoms with Crippen LogP contribution in [0.4, 0.5) is 74.6 Å². The van der Waals surface area contributed by atoms with Crippen molar-refractivity contribution in [2.24, 2.45) is 0 Å². The lowest BCUT2D eigenvalue weighted by Crippen LogP contribution is -2.75. The van der Waals surface area contributed by atoms with Crippen molar-refractivity contribution in [3.05, 3.63) is 0 Å². The molecule has 0 spiro atoms. The number of rotatable bonds is 11. The van der Waals surface area contributed by atoms with Crippen LogP contribution in [-0.2, 0) is 10.0 Å². The lowest BCUT2D eigenvalue weighted by atomic mass is 9.91. The van der Waals surface area contributed by atoms with Crippen LogP contribution in [0.3, 0.4) is 0 Å². The Kier molecular flexibility index (Phi) is 8.80. The van der Waals surface area contributed by atoms with Crippen LogP contribution in [0.5, 0.6) is 0 Å². The molecular weight excluding hydrogens is 597 g/mol. The lowest BCUT2D eigenvalue weighted by molar-refractivity contribution is -0.458. The number of alkyl halides is 18. The van der Waals surface area contributed by atoms with Crippen LogP contribution >= 0.6 is 11.6 Å². The summed E-state index contributed by atoms with van der Waals surface area (Å²) in [7, 11) is -7.62. The number of aliphatic hydroxyl groups excluding tert-OH is 1. The van der Waals surface area contributed by atoms with E-state index < -0.39 is 79.8 Å². The monoisotopic (exact) mass is 605 g/mol. The zero-order chi connectivity index (χ0) is 29.1. The van der Waals surface area contributed by atoms with Gasteiger partial charge >= 0.3 is 47.0 Å². The largest absolute Gasteiger partial charge is 0.460 e. The molecule has 0 aromatic rings. The molecule has 212 valence electrons. The van der Waals surface area contributed by atoms with Gasteiger partial charge in [0.15, 0.2) is 0 Å². The number of halogens is 18. The van der Waals surface area contributed by atoms with Crippen molar-refractivity contribution in [2.75, 3.05) is 19.5 Å². The molecule has 35 heavy (non-hydrogen) atoms. The molecule has 0 saturated heterocycles. The van der Waals surface area contributed by atoms with Crippen LogP contribution < -0.4 is 0 Å². The van der Waals surface area contributed by atoms with Gasteiger partial charge in [-0.2, -0.15) is 78.9 Å². The van der Waals surface area contributed by atoms with Crippen molar-refractivity contribution in [3.63, 3.8) is 0 Å². The van der Waals surface area contributed by atoms with Gasteiger partial charge in [-0.15, -0.1) is 11.6 Å². The summed E-state index contributed by atoms with van der Waals surface area (Å²) in [5, 5.41) is 1.34. The Balaban J connectivity index is 6.91. The molecule has 0 heterocycles. The van der Waals surface area contributed by atoms with Crippen LogP contribution in [0.1, 0.15) is 0 Å². The van der Waals surface area contributed by atoms with E-state index in [1.54, 1.807) is 0 Å². The minimum atomic E-state index is -8.89. The second kappa shape index (κ2) is 9.07. The molecule has 0 saturated carbocycles. The predicted molar refractivity (Wildman–Crippen MR) is 79.0 cm³/mol. The number of hydrogen-bond acceptors (Lipinski definition) is 3. The molecule has 1 atom stereocenters. The molecule has 4 nitrogen and oxygen atoms in total. The first kappa shape index (κ1) is 34.0. The van der Waals surface area contributed by atoms with Crippen molar-refractivity contribution in [3.8, 4) is 0 Å². The number of sulfonamides is 1. The summed E-state index contributed by atoms with van der Waals surface area (Å²) in [6, 6.07) is 0. The fourth-order valence-corrected chi connectivity index (χ4v) is 3.26. The molecule has 0 bridgehead atoms. The van der Waals surface area contributed by atoms with Crippen LogP contribution in [0.2, 0.25) is 0 Å². The Labute approximate surface area is 187 Å². The second-order valence-corrected chi connectivity index (χ2v) is 8.95. The molecule has 0 amide bonds. The van der Waals surface area contributed by atoms with Crippen molar-refractivity contribution >= 4 is 21.6 Å². The quantitative estimate of drug-likeness (QED) is 0.272. The van der Waals surface area contributed by atoms with Gasteiger partial charge in [-0.1, -0.05) is 0 Å². The van der Waals surface area contributed by atoms with E-state index in [1.165, 1.54) is 0 Å². The van der Waals surface area contributed by atoms with Gasteiger partial charge in [0.05, 0.1) is 6.10 Å². The molecule has 23 heteroatoms. The van der Waals surface area contributed by atoms with E-state index in [-0.39, 0.29) is 7.05 Å². The molecular formula is C12H9ClF17NO3S. The normalized spacial score (nSPS) is 17.2. The SMILES string of the molecule is CN(CC(O)CCl)S(=O)(=O)C(F)(F)C(F)(F)C(F)(F)C(F)(F)C(F)(F)C(F)(F)C(F)(F)C(F)(F)F. The highest BCUT2D eigenvalue weighted by Gasteiger charge is 2.96. The zero-order valence-corrected chi connectivity index (χ0v) is 17.5. The number of likely N-dealkylation sites (N-methyl/N-ethyl adjacent to an activating group) is 1. The van der Waals surface area contributed by atoms with E-state index in [9.17, 15) is 83.1 Å². The summed E-state index contributed by atoms with van der Waals surface area (Å²) >= 11 is 4.92. The first-order valence-corrected chi connectivity index (χ1v) is 9.76. The van der Waals surface area contributed by atoms with E-state index in [0.717, 1.165) is 0 Å². The highest BCUT2D eigenvalue weighted by molar-refractivity contribution is 7.90. The molecule has 0 fully saturated rings. The summed E-state index contributed by atoms with van der Waals surface area (Å²) in [6.45, 7) is -1.76. The first-order chi connectivity index (χ1) is 14.9. The Hall–Kier alpha value is -1.03. The Morgan fingerprint density at radius 2 is 0.943 bits per heavy atom. The molecule has 0 aromatic heterocycles. The summed E-state index contributed by atoms with van der Waals surface area (Å²) in [5.41, 5.74) is 0. The van der Waals surface area contributed by atoms with Gasteiger partial charge in [-0.05, 0) is 0 Å². The third-order valence-corrected chi connectivity index (χ3v) is 6.30. The molecule has 0 aromatic carbocycles. The number of nitrogens with zero attached hydrogens (tertiary/aromatic N) is 1. The highest BCUT2D eigenvalue weighted by Crippen LogP contribution is 2.64. The van der Waals surface area contributed by atoms with Gasteiger partial charge in [-0.3, -0.25) is 0 Å². The van der Waals surface area contributed by atoms with Gasteiger partial charge in [0.1, 0.15) is 0 Å². The van der Waals surface area contributed by atoms with E-state index in [2.05, 4.69) is 0 Å². The molecule has 0 aliphatic rings. The second-order valence-electron chi connectivity index (χ2n) is 6.55. The topological polar surface area (TPSA) is 57.6 Å². The maximum absolute atomic E-state index is 13.8. The fraction of sp³-hybridized carbons (Fsp3) is 1.00. The van der Waals surface area contributed by atoms with Crippen molar-refractivity contribution in [1.29, 1.82) is 0 Å². The molecule has 0 aliphatic carbocycles. The summed E-state index contributed by atoms with van der Waals surface area (Å²) in [4.78, 5) is 0. The number of aliphatic hydroxyl groups is 1. The van der Waals surface area contributed by atoms with Gasteiger partial charge in [0.2, 0.25) is 0 Å². The Morgan fingerprint density at radius 1 is 0.657 bits per heavy atom. The minimum absolute atomic E-state index is 0.196.